The van der Waals surface area contributed by atoms with Gasteiger partial charge in [-0.3, -0.25) is 9.25 Å². The molecule has 2 N–H and O–H groups in total. The lowest BCUT2D eigenvalue weighted by atomic mass is 9.98. The van der Waals surface area contributed by atoms with E-state index < -0.39 is 0 Å². The van der Waals surface area contributed by atoms with Crippen molar-refractivity contribution < 1.29 is 0 Å². The van der Waals surface area contributed by atoms with Crippen molar-refractivity contribution in [1.29, 1.82) is 0 Å². The molecule has 0 spiro atoms. The zero-order valence-electron chi connectivity index (χ0n) is 24.5. The first-order valence-electron chi connectivity index (χ1n) is 14.7. The van der Waals surface area contributed by atoms with Gasteiger partial charge < -0.3 is 10.3 Å². The molecule has 2 aromatic carbocycles. The Hall–Kier alpha value is -5.08. The number of H-pyrrole nitrogens is 1. The highest BCUT2D eigenvalue weighted by molar-refractivity contribution is 5.93. The van der Waals surface area contributed by atoms with Crippen LogP contribution < -0.4 is 15.9 Å². The number of benzene rings is 2. The Bertz CT molecular complexity index is 2180. The van der Waals surface area contributed by atoms with Crippen LogP contribution in [0.2, 0.25) is 0 Å². The van der Waals surface area contributed by atoms with E-state index in [1.54, 1.807) is 12.5 Å². The molecule has 0 bridgehead atoms. The summed E-state index contributed by atoms with van der Waals surface area (Å²) >= 11 is 0. The van der Waals surface area contributed by atoms with Gasteiger partial charge in [-0.15, -0.1) is 0 Å². The maximum Gasteiger partial charge on any atom is 0.166 e. The maximum atomic E-state index is 5.04. The van der Waals surface area contributed by atoms with Gasteiger partial charge in [0, 0.05) is 43.7 Å². The molecule has 4 aromatic heterocycles. The van der Waals surface area contributed by atoms with Gasteiger partial charge >= 0.3 is 0 Å². The second-order valence-corrected chi connectivity index (χ2v) is 11.7. The van der Waals surface area contributed by atoms with Gasteiger partial charge in [0.15, 0.2) is 11.6 Å². The molecule has 6 aromatic rings. The number of allylic oxidation sites excluding steroid dienone is 2. The van der Waals surface area contributed by atoms with Crippen LogP contribution in [0.4, 0.5) is 0 Å². The van der Waals surface area contributed by atoms with E-state index in [-0.39, 0.29) is 0 Å². The van der Waals surface area contributed by atoms with E-state index in [1.807, 2.05) is 35.5 Å². The van der Waals surface area contributed by atoms with Crippen LogP contribution >= 0.6 is 0 Å². The number of nitrogens with zero attached hydrogens (tertiary/aromatic N) is 6. The van der Waals surface area contributed by atoms with Crippen LogP contribution in [0.1, 0.15) is 34.4 Å². The zero-order chi connectivity index (χ0) is 29.1. The molecule has 0 aliphatic heterocycles. The third-order valence-electron chi connectivity index (χ3n) is 8.33. The molecule has 43 heavy (non-hydrogen) atoms. The number of imidazole rings is 2. The Morgan fingerprint density at radius 3 is 2.70 bits per heavy atom. The number of aromatic amines is 1. The second-order valence-electron chi connectivity index (χ2n) is 11.7. The molecule has 1 atom stereocenters. The second kappa shape index (κ2) is 10.0. The number of fused-ring (bicyclic) bond motifs is 3. The Labute approximate surface area is 249 Å². The third kappa shape index (κ3) is 4.70. The third-order valence-corrected chi connectivity index (χ3v) is 8.33. The van der Waals surface area contributed by atoms with Crippen molar-refractivity contribution in [2.75, 3.05) is 0 Å². The van der Waals surface area contributed by atoms with Gasteiger partial charge in [0.05, 0.1) is 16.6 Å². The fourth-order valence-electron chi connectivity index (χ4n) is 6.28. The maximum absolute atomic E-state index is 5.04. The van der Waals surface area contributed by atoms with E-state index in [1.165, 1.54) is 38.7 Å². The summed E-state index contributed by atoms with van der Waals surface area (Å²) in [6, 6.07) is 19.4. The van der Waals surface area contributed by atoms with Crippen LogP contribution in [-0.4, -0.2) is 34.3 Å². The summed E-state index contributed by atoms with van der Waals surface area (Å²) in [5.41, 5.74) is 11.2. The van der Waals surface area contributed by atoms with Gasteiger partial charge in [-0.1, -0.05) is 54.1 Å². The number of aromatic nitrogens is 7. The average Bonchev–Trinajstić information content (AvgIpc) is 3.27. The number of nitrogens with one attached hydrogen (secondary N) is 2. The minimum Gasteiger partial charge on any atom is -0.336 e. The minimum absolute atomic E-state index is 0.437. The number of aryl methyl sites for hydroxylation is 3. The van der Waals surface area contributed by atoms with Crippen LogP contribution in [0.5, 0.6) is 0 Å². The van der Waals surface area contributed by atoms with E-state index >= 15 is 0 Å². The van der Waals surface area contributed by atoms with Gasteiger partial charge in [-0.2, -0.15) is 5.10 Å². The first kappa shape index (κ1) is 25.6. The highest BCUT2D eigenvalue weighted by Crippen LogP contribution is 2.42. The molecule has 212 valence electrons. The summed E-state index contributed by atoms with van der Waals surface area (Å²) in [7, 11) is 2.04. The molecule has 4 heterocycles. The molecule has 1 saturated carbocycles. The number of hydrogen-bond donors (Lipinski definition) is 2. The SMILES string of the molecule is Cc1cc(CNCc2ccccc2)cc(C2=C[C@@H]3CC3=c3c(c(-c4nc5c(-n6cnc(C)c6)nccc5[nH]4)nn3C)=C2)c1. The minimum atomic E-state index is 0.437. The fourth-order valence-corrected chi connectivity index (χ4v) is 6.28. The lowest BCUT2D eigenvalue weighted by Gasteiger charge is -2.10. The number of hydrogen-bond acceptors (Lipinski definition) is 5. The highest BCUT2D eigenvalue weighted by Gasteiger charge is 2.33. The molecule has 2 aliphatic carbocycles. The predicted molar refractivity (Wildman–Crippen MR) is 169 cm³/mol. The molecule has 0 saturated heterocycles. The van der Waals surface area contributed by atoms with Crippen molar-refractivity contribution in [2.24, 2.45) is 13.0 Å². The van der Waals surface area contributed by atoms with E-state index in [9.17, 15) is 0 Å². The normalized spacial score (nSPS) is 15.6. The van der Waals surface area contributed by atoms with Gasteiger partial charge in [0.25, 0.3) is 0 Å². The Morgan fingerprint density at radius 1 is 1.00 bits per heavy atom. The Morgan fingerprint density at radius 2 is 1.86 bits per heavy atom. The summed E-state index contributed by atoms with van der Waals surface area (Å²) in [5, 5.41) is 10.9. The monoisotopic (exact) mass is 564 g/mol. The van der Waals surface area contributed by atoms with Crippen molar-refractivity contribution in [3.63, 3.8) is 0 Å². The smallest absolute Gasteiger partial charge is 0.166 e. The molecule has 0 unspecified atom stereocenters. The molecular formula is C35H32N8. The van der Waals surface area contributed by atoms with Crippen molar-refractivity contribution in [3.8, 4) is 17.3 Å². The number of rotatable bonds is 7. The predicted octanol–water partition coefficient (Wildman–Crippen LogP) is 4.50. The summed E-state index contributed by atoms with van der Waals surface area (Å²) < 4.78 is 3.94. The molecule has 2 aliphatic rings. The largest absolute Gasteiger partial charge is 0.336 e. The first-order valence-corrected chi connectivity index (χ1v) is 14.7. The highest BCUT2D eigenvalue weighted by atomic mass is 15.3. The molecule has 8 heteroatoms. The van der Waals surface area contributed by atoms with Gasteiger partial charge in [0.1, 0.15) is 17.5 Å². The van der Waals surface area contributed by atoms with E-state index in [2.05, 4.69) is 87.9 Å². The molecule has 1 fully saturated rings. The Balaban J connectivity index is 1.19. The average molecular weight is 565 g/mol. The molecule has 0 radical (unpaired) electrons. The van der Waals surface area contributed by atoms with E-state index in [0.29, 0.717) is 5.92 Å². The summed E-state index contributed by atoms with van der Waals surface area (Å²) in [5.74, 6) is 1.92. The van der Waals surface area contributed by atoms with Crippen LogP contribution in [-0.2, 0) is 20.1 Å². The van der Waals surface area contributed by atoms with Crippen LogP contribution in [0.3, 0.4) is 0 Å². The molecule has 8 nitrogen and oxygen atoms in total. The number of pyridine rings is 1. The fraction of sp³-hybridized carbons (Fsp3) is 0.200. The quantitative estimate of drug-likeness (QED) is 0.298. The van der Waals surface area contributed by atoms with Crippen molar-refractivity contribution in [3.05, 3.63) is 118 Å². The molecule has 0 amide bonds. The van der Waals surface area contributed by atoms with Crippen molar-refractivity contribution in [2.45, 2.75) is 33.4 Å². The lowest BCUT2D eigenvalue weighted by molar-refractivity contribution is 0.693. The van der Waals surface area contributed by atoms with Gasteiger partial charge in [0.2, 0.25) is 0 Å². The lowest BCUT2D eigenvalue weighted by Crippen LogP contribution is -2.29. The van der Waals surface area contributed by atoms with Crippen molar-refractivity contribution in [1.82, 2.24) is 39.6 Å². The zero-order valence-corrected chi connectivity index (χ0v) is 24.5. The topological polar surface area (TPSA) is 89.2 Å². The van der Waals surface area contributed by atoms with Crippen molar-refractivity contribution >= 4 is 28.3 Å². The first-order chi connectivity index (χ1) is 21.0. The van der Waals surface area contributed by atoms with E-state index in [4.69, 9.17) is 10.1 Å². The van der Waals surface area contributed by atoms with Crippen LogP contribution in [0.25, 0.3) is 45.6 Å². The van der Waals surface area contributed by atoms with Crippen LogP contribution in [0.15, 0.2) is 79.4 Å². The molecule has 8 rings (SSSR count). The van der Waals surface area contributed by atoms with E-state index in [0.717, 1.165) is 58.8 Å². The summed E-state index contributed by atoms with van der Waals surface area (Å²) in [4.78, 5) is 17.6. The summed E-state index contributed by atoms with van der Waals surface area (Å²) in [6.07, 6.45) is 11.3. The van der Waals surface area contributed by atoms with Crippen LogP contribution in [0, 0.1) is 19.8 Å². The Kier molecular flexibility index (Phi) is 5.97. The van der Waals surface area contributed by atoms with Gasteiger partial charge in [-0.25, -0.2) is 15.0 Å². The summed E-state index contributed by atoms with van der Waals surface area (Å²) in [6.45, 7) is 5.81. The standard InChI is InChI=1S/C35H32N8/c1-21-11-24(18-36-17-23-7-5-4-6-8-23)13-25(12-21)26-14-27-16-28(27)33-29(15-26)31(41-42(33)3)34-39-30-9-10-37-35(32(30)40-34)43-19-22(2)38-20-43/h4-15,19-20,27,36H,16-18H2,1-3H3,(H,39,40)/t27-/m1/s1. The molecular weight excluding hydrogens is 532 g/mol. The van der Waals surface area contributed by atoms with Gasteiger partial charge in [-0.05, 0) is 66.3 Å².